The minimum atomic E-state index is -1.18. The van der Waals surface area contributed by atoms with Gasteiger partial charge in [0, 0.05) is 11.0 Å². The summed E-state index contributed by atoms with van der Waals surface area (Å²) in [6.07, 6.45) is -0.696. The molecular formula is C18H17BrClNO4. The Morgan fingerprint density at radius 1 is 1.24 bits per heavy atom. The zero-order chi connectivity index (χ0) is 18.4. The molecule has 0 aliphatic rings. The molecule has 0 saturated heterocycles. The molecule has 1 unspecified atom stereocenters. The van der Waals surface area contributed by atoms with Crippen molar-refractivity contribution in [3.8, 4) is 0 Å². The van der Waals surface area contributed by atoms with E-state index in [0.29, 0.717) is 15.1 Å². The van der Waals surface area contributed by atoms with Crippen LogP contribution < -0.4 is 0 Å². The average molecular weight is 427 g/mol. The third kappa shape index (κ3) is 4.96. The van der Waals surface area contributed by atoms with Crippen LogP contribution in [-0.2, 0) is 16.1 Å². The van der Waals surface area contributed by atoms with E-state index in [4.69, 9.17) is 16.3 Å². The number of hydrogen-bond donors (Lipinski definition) is 1. The Morgan fingerprint density at radius 3 is 2.48 bits per heavy atom. The molecule has 7 heteroatoms. The van der Waals surface area contributed by atoms with Crippen molar-refractivity contribution in [2.45, 2.75) is 19.6 Å². The first-order valence-electron chi connectivity index (χ1n) is 7.59. The molecule has 1 atom stereocenters. The molecule has 0 fully saturated rings. The lowest BCUT2D eigenvalue weighted by Crippen LogP contribution is -2.39. The number of nitrogens with zero attached hydrogens (tertiary/aromatic N) is 1. The number of carboxylic acid groups (broad SMARTS) is 1. The quantitative estimate of drug-likeness (QED) is 0.714. The van der Waals surface area contributed by atoms with Crippen molar-refractivity contribution in [3.05, 3.63) is 69.2 Å². The molecule has 0 aromatic heterocycles. The summed E-state index contributed by atoms with van der Waals surface area (Å²) in [5.41, 5.74) is 1.23. The second-order valence-corrected chi connectivity index (χ2v) is 6.50. The van der Waals surface area contributed by atoms with Gasteiger partial charge in [-0.3, -0.25) is 4.90 Å². The molecule has 1 N–H and O–H groups in total. The summed E-state index contributed by atoms with van der Waals surface area (Å²) in [4.78, 5) is 25.3. The molecule has 0 spiro atoms. The largest absolute Gasteiger partial charge is 0.479 e. The number of carbonyl (C=O) groups excluding carboxylic acids is 1. The molecule has 2 rings (SSSR count). The van der Waals surface area contributed by atoms with E-state index >= 15 is 0 Å². The summed E-state index contributed by atoms with van der Waals surface area (Å²) in [5.74, 6) is -1.16. The smallest absolute Gasteiger partial charge is 0.411 e. The van der Waals surface area contributed by atoms with Gasteiger partial charge in [-0.15, -0.1) is 0 Å². The van der Waals surface area contributed by atoms with Gasteiger partial charge in [0.1, 0.15) is 6.61 Å². The Bertz CT molecular complexity index is 754. The fraction of sp³-hybridized carbons (Fsp3) is 0.222. The van der Waals surface area contributed by atoms with Crippen LogP contribution in [0.1, 0.15) is 24.1 Å². The minimum absolute atomic E-state index is 0.0730. The van der Waals surface area contributed by atoms with Crippen molar-refractivity contribution < 1.29 is 19.4 Å². The van der Waals surface area contributed by atoms with E-state index in [1.54, 1.807) is 19.1 Å². The molecule has 25 heavy (non-hydrogen) atoms. The van der Waals surface area contributed by atoms with Gasteiger partial charge in [0.05, 0.1) is 5.02 Å². The van der Waals surface area contributed by atoms with E-state index in [-0.39, 0.29) is 13.2 Å². The van der Waals surface area contributed by atoms with Crippen molar-refractivity contribution >= 4 is 39.6 Å². The normalized spacial score (nSPS) is 11.6. The van der Waals surface area contributed by atoms with Gasteiger partial charge in [-0.1, -0.05) is 48.0 Å². The number of carbonyl (C=O) groups is 2. The Kier molecular flexibility index (Phi) is 6.84. The topological polar surface area (TPSA) is 66.8 Å². The van der Waals surface area contributed by atoms with Crippen LogP contribution in [0.3, 0.4) is 0 Å². The van der Waals surface area contributed by atoms with Gasteiger partial charge in [0.2, 0.25) is 0 Å². The van der Waals surface area contributed by atoms with Crippen LogP contribution in [0.2, 0.25) is 5.02 Å². The molecule has 5 nitrogen and oxygen atoms in total. The van der Waals surface area contributed by atoms with Gasteiger partial charge in [-0.25, -0.2) is 9.59 Å². The second-order valence-electron chi connectivity index (χ2n) is 5.24. The molecule has 2 aromatic rings. The predicted molar refractivity (Wildman–Crippen MR) is 98.5 cm³/mol. The maximum absolute atomic E-state index is 12.4. The lowest BCUT2D eigenvalue weighted by Gasteiger charge is -2.27. The average Bonchev–Trinajstić information content (AvgIpc) is 2.60. The van der Waals surface area contributed by atoms with E-state index in [2.05, 4.69) is 15.9 Å². The zero-order valence-electron chi connectivity index (χ0n) is 13.5. The number of carboxylic acids is 1. The van der Waals surface area contributed by atoms with Gasteiger partial charge in [-0.2, -0.15) is 0 Å². The molecule has 0 aliphatic carbocycles. The maximum Gasteiger partial charge on any atom is 0.411 e. The van der Waals surface area contributed by atoms with Crippen molar-refractivity contribution in [3.63, 3.8) is 0 Å². The number of rotatable bonds is 6. The molecule has 0 aliphatic heterocycles. The number of amides is 1. The number of aliphatic carboxylic acids is 1. The van der Waals surface area contributed by atoms with Crippen molar-refractivity contribution in [1.29, 1.82) is 0 Å². The number of ether oxygens (including phenoxy) is 1. The summed E-state index contributed by atoms with van der Waals surface area (Å²) < 4.78 is 5.92. The minimum Gasteiger partial charge on any atom is -0.479 e. The highest BCUT2D eigenvalue weighted by Crippen LogP contribution is 2.29. The van der Waals surface area contributed by atoms with Crippen molar-refractivity contribution in [2.75, 3.05) is 6.54 Å². The van der Waals surface area contributed by atoms with E-state index in [0.717, 1.165) is 10.5 Å². The second kappa shape index (κ2) is 8.87. The monoisotopic (exact) mass is 425 g/mol. The van der Waals surface area contributed by atoms with Crippen LogP contribution in [0.4, 0.5) is 4.79 Å². The highest BCUT2D eigenvalue weighted by atomic mass is 79.9. The number of benzene rings is 2. The molecule has 0 radical (unpaired) electrons. The van der Waals surface area contributed by atoms with Gasteiger partial charge in [0.25, 0.3) is 0 Å². The lowest BCUT2D eigenvalue weighted by molar-refractivity contribution is -0.143. The summed E-state index contributed by atoms with van der Waals surface area (Å²) >= 11 is 9.32. The molecule has 0 heterocycles. The standard InChI is InChI=1S/C18H17BrClNO4/c1-2-21(18(24)25-11-12-6-4-3-5-7-12)16(17(22)23)13-8-9-14(19)15(20)10-13/h3-10,16H,2,11H2,1H3,(H,22,23). The van der Waals surface area contributed by atoms with Crippen LogP contribution in [0.15, 0.2) is 53.0 Å². The van der Waals surface area contributed by atoms with Gasteiger partial charge < -0.3 is 9.84 Å². The van der Waals surface area contributed by atoms with Crippen molar-refractivity contribution in [1.82, 2.24) is 4.90 Å². The summed E-state index contributed by atoms with van der Waals surface area (Å²) in [7, 11) is 0. The summed E-state index contributed by atoms with van der Waals surface area (Å²) in [5, 5.41) is 9.99. The van der Waals surface area contributed by atoms with Gasteiger partial charge in [-0.05, 0) is 46.1 Å². The first-order valence-corrected chi connectivity index (χ1v) is 8.76. The predicted octanol–water partition coefficient (Wildman–Crippen LogP) is 4.89. The molecular weight excluding hydrogens is 410 g/mol. The SMILES string of the molecule is CCN(C(=O)OCc1ccccc1)C(C(=O)O)c1ccc(Br)c(Cl)c1. The third-order valence-corrected chi connectivity index (χ3v) is 4.82. The summed E-state index contributed by atoms with van der Waals surface area (Å²) in [6.45, 7) is 1.95. The van der Waals surface area contributed by atoms with E-state index in [1.165, 1.54) is 6.07 Å². The highest BCUT2D eigenvalue weighted by molar-refractivity contribution is 9.10. The fourth-order valence-corrected chi connectivity index (χ4v) is 2.79. The maximum atomic E-state index is 12.4. The van der Waals surface area contributed by atoms with Gasteiger partial charge >= 0.3 is 12.1 Å². The van der Waals surface area contributed by atoms with Crippen LogP contribution in [0.25, 0.3) is 0 Å². The Morgan fingerprint density at radius 2 is 1.92 bits per heavy atom. The van der Waals surface area contributed by atoms with Crippen LogP contribution in [0, 0.1) is 0 Å². The zero-order valence-corrected chi connectivity index (χ0v) is 15.8. The lowest BCUT2D eigenvalue weighted by atomic mass is 10.1. The Labute approximate surface area is 159 Å². The van der Waals surface area contributed by atoms with Crippen molar-refractivity contribution in [2.24, 2.45) is 0 Å². The van der Waals surface area contributed by atoms with Crippen LogP contribution in [-0.4, -0.2) is 28.6 Å². The van der Waals surface area contributed by atoms with Crippen LogP contribution >= 0.6 is 27.5 Å². The molecule has 0 saturated carbocycles. The Hall–Kier alpha value is -2.05. The third-order valence-electron chi connectivity index (χ3n) is 3.59. The number of halogens is 2. The highest BCUT2D eigenvalue weighted by Gasteiger charge is 2.31. The van der Waals surface area contributed by atoms with Gasteiger partial charge in [0.15, 0.2) is 6.04 Å². The van der Waals surface area contributed by atoms with E-state index < -0.39 is 18.1 Å². The molecule has 132 valence electrons. The first kappa shape index (κ1) is 19.3. The van der Waals surface area contributed by atoms with E-state index in [9.17, 15) is 14.7 Å². The fourth-order valence-electron chi connectivity index (χ4n) is 2.36. The molecule has 2 aromatic carbocycles. The summed E-state index contributed by atoms with van der Waals surface area (Å²) in [6, 6.07) is 12.8. The first-order chi connectivity index (χ1) is 11.9. The Balaban J connectivity index is 2.20. The number of hydrogen-bond acceptors (Lipinski definition) is 3. The van der Waals surface area contributed by atoms with Crippen LogP contribution in [0.5, 0.6) is 0 Å². The van der Waals surface area contributed by atoms with E-state index in [1.807, 2.05) is 30.3 Å². The number of likely N-dealkylation sites (N-methyl/N-ethyl adjacent to an activating group) is 1. The molecule has 1 amide bonds. The molecule has 0 bridgehead atoms.